The third kappa shape index (κ3) is 2.41. The second kappa shape index (κ2) is 5.35. The Balaban J connectivity index is 1.60. The van der Waals surface area contributed by atoms with Crippen molar-refractivity contribution in [3.8, 4) is 0 Å². The minimum absolute atomic E-state index is 0.00763. The van der Waals surface area contributed by atoms with Crippen LogP contribution in [0.2, 0.25) is 5.02 Å². The monoisotopic (exact) mass is 395 g/mol. The number of hydrogen-bond acceptors (Lipinski definition) is 2. The number of halogens is 2. The van der Waals surface area contributed by atoms with E-state index in [0.29, 0.717) is 22.5 Å². The minimum Gasteiger partial charge on any atom is -0.481 e. The number of nitrogens with one attached hydrogen (secondary N) is 1. The van der Waals surface area contributed by atoms with Gasteiger partial charge in [-0.05, 0) is 64.2 Å². The summed E-state index contributed by atoms with van der Waals surface area (Å²) in [6.45, 7) is 0. The predicted molar refractivity (Wildman–Crippen MR) is 90.1 cm³/mol. The fraction of sp³-hybridized carbons (Fsp3) is 0.412. The number of fused-ring (bicyclic) bond motifs is 1. The molecule has 2 bridgehead atoms. The molecule has 0 aromatic heterocycles. The van der Waals surface area contributed by atoms with Crippen molar-refractivity contribution < 1.29 is 14.7 Å². The minimum atomic E-state index is -0.872. The molecule has 0 heterocycles. The van der Waals surface area contributed by atoms with Gasteiger partial charge in [0.2, 0.25) is 5.91 Å². The quantitative estimate of drug-likeness (QED) is 0.764. The zero-order chi connectivity index (χ0) is 16.3. The molecular weight excluding hydrogens is 382 g/mol. The third-order valence-corrected chi connectivity index (χ3v) is 6.66. The summed E-state index contributed by atoms with van der Waals surface area (Å²) < 4.78 is 0.751. The second-order valence-corrected chi connectivity index (χ2v) is 7.87. The lowest BCUT2D eigenvalue weighted by Gasteiger charge is -2.41. The van der Waals surface area contributed by atoms with Crippen molar-refractivity contribution in [2.24, 2.45) is 35.5 Å². The Morgan fingerprint density at radius 3 is 2.43 bits per heavy atom. The summed E-state index contributed by atoms with van der Waals surface area (Å²) >= 11 is 9.36. The van der Waals surface area contributed by atoms with E-state index in [2.05, 4.69) is 27.3 Å². The maximum absolute atomic E-state index is 12.8. The molecule has 1 amide bonds. The van der Waals surface area contributed by atoms with Crippen molar-refractivity contribution in [3.05, 3.63) is 39.8 Å². The van der Waals surface area contributed by atoms with Gasteiger partial charge in [0.1, 0.15) is 0 Å². The summed E-state index contributed by atoms with van der Waals surface area (Å²) in [6.07, 6.45) is 5.11. The standard InChI is InChI=1S/C17H15BrClNO3/c18-12-4-1-7(5-13(12)19)20-16(21)14-8-2-3-9(11-6-10(8)11)15(14)17(22)23/h1-5,8-11,14-15H,6H2,(H,20,21)(H,22,23)/t8-,9-,10-,11-,14+,15+/m1/s1. The topological polar surface area (TPSA) is 66.4 Å². The van der Waals surface area contributed by atoms with Crippen molar-refractivity contribution in [2.45, 2.75) is 6.42 Å². The molecule has 5 rings (SSSR count). The van der Waals surface area contributed by atoms with Crippen LogP contribution in [0.5, 0.6) is 0 Å². The molecule has 0 unspecified atom stereocenters. The molecule has 4 aliphatic carbocycles. The van der Waals surface area contributed by atoms with Crippen molar-refractivity contribution in [1.82, 2.24) is 0 Å². The Morgan fingerprint density at radius 2 is 1.83 bits per heavy atom. The average Bonchev–Trinajstić information content (AvgIpc) is 3.32. The van der Waals surface area contributed by atoms with Gasteiger partial charge in [0.05, 0.1) is 16.9 Å². The molecule has 0 saturated heterocycles. The predicted octanol–water partition coefficient (Wildman–Crippen LogP) is 3.81. The van der Waals surface area contributed by atoms with Gasteiger partial charge in [0.15, 0.2) is 0 Å². The molecule has 23 heavy (non-hydrogen) atoms. The van der Waals surface area contributed by atoms with E-state index >= 15 is 0 Å². The number of rotatable bonds is 3. The molecule has 0 radical (unpaired) electrons. The number of carboxylic acids is 1. The highest BCUT2D eigenvalue weighted by molar-refractivity contribution is 9.10. The first-order valence-corrected chi connectivity index (χ1v) is 8.81. The van der Waals surface area contributed by atoms with E-state index in [1.807, 2.05) is 6.08 Å². The van der Waals surface area contributed by atoms with E-state index in [4.69, 9.17) is 11.6 Å². The largest absolute Gasteiger partial charge is 0.481 e. The van der Waals surface area contributed by atoms with Crippen LogP contribution in [0.15, 0.2) is 34.8 Å². The highest BCUT2D eigenvalue weighted by Crippen LogP contribution is 2.63. The van der Waals surface area contributed by atoms with Gasteiger partial charge in [-0.25, -0.2) is 0 Å². The van der Waals surface area contributed by atoms with Crippen molar-refractivity contribution in [2.75, 3.05) is 5.32 Å². The van der Waals surface area contributed by atoms with Gasteiger partial charge in [0.25, 0.3) is 0 Å². The number of allylic oxidation sites excluding steroid dienone is 2. The second-order valence-electron chi connectivity index (χ2n) is 6.61. The fourth-order valence-electron chi connectivity index (χ4n) is 4.37. The van der Waals surface area contributed by atoms with Gasteiger partial charge in [-0.3, -0.25) is 9.59 Å². The number of amides is 1. The maximum atomic E-state index is 12.8. The van der Waals surface area contributed by atoms with Gasteiger partial charge >= 0.3 is 5.97 Å². The number of benzene rings is 1. The summed E-state index contributed by atoms with van der Waals surface area (Å²) in [7, 11) is 0. The zero-order valence-corrected chi connectivity index (χ0v) is 14.4. The van der Waals surface area contributed by atoms with Gasteiger partial charge < -0.3 is 10.4 Å². The molecule has 1 aromatic rings. The van der Waals surface area contributed by atoms with E-state index in [-0.39, 0.29) is 17.7 Å². The summed E-state index contributed by atoms with van der Waals surface area (Å²) in [5.74, 6) is -1.26. The first-order valence-electron chi connectivity index (χ1n) is 7.64. The normalized spacial score (nSPS) is 36.4. The molecule has 2 N–H and O–H groups in total. The number of aliphatic carboxylic acids is 1. The Morgan fingerprint density at radius 1 is 1.17 bits per heavy atom. The van der Waals surface area contributed by atoms with Crippen LogP contribution in [0.25, 0.3) is 0 Å². The van der Waals surface area contributed by atoms with Crippen molar-refractivity contribution >= 4 is 45.1 Å². The van der Waals surface area contributed by atoms with Crippen LogP contribution >= 0.6 is 27.5 Å². The molecule has 2 saturated carbocycles. The molecule has 120 valence electrons. The third-order valence-electron chi connectivity index (χ3n) is 5.43. The van der Waals surface area contributed by atoms with Gasteiger partial charge in [-0.2, -0.15) is 0 Å². The van der Waals surface area contributed by atoms with Crippen LogP contribution in [-0.2, 0) is 9.59 Å². The molecule has 6 heteroatoms. The first-order chi connectivity index (χ1) is 11.0. The van der Waals surface area contributed by atoms with E-state index in [1.54, 1.807) is 18.2 Å². The van der Waals surface area contributed by atoms with Crippen LogP contribution in [0.3, 0.4) is 0 Å². The number of carboxylic acid groups (broad SMARTS) is 1. The Bertz CT molecular complexity index is 735. The van der Waals surface area contributed by atoms with Crippen LogP contribution in [0, 0.1) is 35.5 Å². The van der Waals surface area contributed by atoms with Crippen LogP contribution < -0.4 is 5.32 Å². The lowest BCUT2D eigenvalue weighted by atomic mass is 9.62. The maximum Gasteiger partial charge on any atom is 0.307 e. The van der Waals surface area contributed by atoms with Crippen LogP contribution in [0.4, 0.5) is 5.69 Å². The molecule has 0 spiro atoms. The first kappa shape index (κ1) is 15.2. The highest BCUT2D eigenvalue weighted by atomic mass is 79.9. The van der Waals surface area contributed by atoms with E-state index < -0.39 is 17.8 Å². The summed E-state index contributed by atoms with van der Waals surface area (Å²) in [5.41, 5.74) is 0.588. The zero-order valence-electron chi connectivity index (χ0n) is 12.1. The Hall–Kier alpha value is -1.33. The lowest BCUT2D eigenvalue weighted by Crippen LogP contribution is -2.48. The molecule has 0 aliphatic heterocycles. The summed E-state index contributed by atoms with van der Waals surface area (Å²) in [4.78, 5) is 24.5. The molecule has 4 aliphatic rings. The van der Waals surface area contributed by atoms with Gasteiger partial charge in [-0.1, -0.05) is 23.8 Å². The average molecular weight is 397 g/mol. The van der Waals surface area contributed by atoms with Crippen LogP contribution in [-0.4, -0.2) is 17.0 Å². The SMILES string of the molecule is O=C(O)[C@H]1[C@@H]2C=C[C@H]([C@H]3C[C@H]23)[C@@H]1C(=O)Nc1ccc(Br)c(Cl)c1. The summed E-state index contributed by atoms with van der Waals surface area (Å²) in [6, 6.07) is 5.17. The highest BCUT2D eigenvalue weighted by Gasteiger charge is 2.62. The molecule has 1 aromatic carbocycles. The van der Waals surface area contributed by atoms with Gasteiger partial charge in [-0.15, -0.1) is 0 Å². The van der Waals surface area contributed by atoms with Crippen molar-refractivity contribution in [3.63, 3.8) is 0 Å². The summed E-state index contributed by atoms with van der Waals surface area (Å²) in [5, 5.41) is 13.0. The number of anilines is 1. The Labute approximate surface area is 147 Å². The fourth-order valence-corrected chi connectivity index (χ4v) is 4.80. The Kier molecular flexibility index (Phi) is 3.54. The number of hydrogen-bond donors (Lipinski definition) is 2. The van der Waals surface area contributed by atoms with Crippen molar-refractivity contribution in [1.29, 1.82) is 0 Å². The molecule has 6 atom stereocenters. The number of carbonyl (C=O) groups is 2. The molecule has 4 nitrogen and oxygen atoms in total. The number of carbonyl (C=O) groups excluding carboxylic acids is 1. The smallest absolute Gasteiger partial charge is 0.307 e. The molecule has 2 fully saturated rings. The molecular formula is C17H15BrClNO3. The lowest BCUT2D eigenvalue weighted by molar-refractivity contribution is -0.152. The van der Waals surface area contributed by atoms with E-state index in [9.17, 15) is 14.7 Å². The van der Waals surface area contributed by atoms with Crippen LogP contribution in [0.1, 0.15) is 6.42 Å². The van der Waals surface area contributed by atoms with E-state index in [0.717, 1.165) is 10.9 Å². The van der Waals surface area contributed by atoms with E-state index in [1.165, 1.54) is 0 Å². The van der Waals surface area contributed by atoms with Gasteiger partial charge in [0, 0.05) is 10.2 Å².